The van der Waals surface area contributed by atoms with E-state index in [0.29, 0.717) is 0 Å². The van der Waals surface area contributed by atoms with Crippen molar-refractivity contribution in [3.63, 3.8) is 0 Å². The second kappa shape index (κ2) is 6.79. The first-order valence-electron chi connectivity index (χ1n) is 7.07. The molecule has 1 saturated heterocycles. The summed E-state index contributed by atoms with van der Waals surface area (Å²) in [5, 5.41) is 0. The van der Waals surface area contributed by atoms with Crippen LogP contribution < -0.4 is 0 Å². The maximum atomic E-state index is 13.7. The Hall–Kier alpha value is -1.58. The van der Waals surface area contributed by atoms with Crippen LogP contribution in [0.25, 0.3) is 0 Å². The minimum atomic E-state index is -9.20. The summed E-state index contributed by atoms with van der Waals surface area (Å²) in [7, 11) is 0. The predicted molar refractivity (Wildman–Crippen MR) is 55.5 cm³/mol. The standard InChI is InChI=1S/C11F22O/c12-1(13,2(14,15)4(18,19)7(24,25)10(29,30)31)3(16,17)5(20,21)9(28)6(22,23)8(26,27)11(32,33)34-9. The Kier molecular flexibility index (Phi) is 6.08. The van der Waals surface area contributed by atoms with Gasteiger partial charge in [-0.05, 0) is 0 Å². The molecule has 1 aliphatic rings. The molecule has 1 unspecified atom stereocenters. The smallest absolute Gasteiger partial charge is 0.267 e. The van der Waals surface area contributed by atoms with Gasteiger partial charge in [-0.25, -0.2) is 0 Å². The van der Waals surface area contributed by atoms with E-state index in [4.69, 9.17) is 0 Å². The van der Waals surface area contributed by atoms with Gasteiger partial charge < -0.3 is 0 Å². The number of hydrogen-bond acceptors (Lipinski definition) is 1. The molecule has 0 radical (unpaired) electrons. The normalized spacial score (nSPS) is 26.6. The molecular weight excluding hydrogens is 566 g/mol. The van der Waals surface area contributed by atoms with Gasteiger partial charge in [0.2, 0.25) is 0 Å². The third kappa shape index (κ3) is 2.95. The summed E-state index contributed by atoms with van der Waals surface area (Å²) in [5.41, 5.74) is 0. The molecular formula is C11F22O. The third-order valence-electron chi connectivity index (χ3n) is 4.16. The van der Waals surface area contributed by atoms with Gasteiger partial charge in [-0.1, -0.05) is 0 Å². The molecule has 0 saturated carbocycles. The fourth-order valence-electron chi connectivity index (χ4n) is 2.12. The molecule has 0 aromatic heterocycles. The highest BCUT2D eigenvalue weighted by Crippen LogP contribution is 2.70. The zero-order valence-corrected chi connectivity index (χ0v) is 14.2. The molecule has 1 rings (SSSR count). The van der Waals surface area contributed by atoms with Crippen molar-refractivity contribution >= 4 is 0 Å². The lowest BCUT2D eigenvalue weighted by Crippen LogP contribution is -2.76. The van der Waals surface area contributed by atoms with E-state index < -0.39 is 65.5 Å². The Labute approximate surface area is 168 Å². The lowest BCUT2D eigenvalue weighted by atomic mass is 9.86. The Morgan fingerprint density at radius 3 is 0.941 bits per heavy atom. The highest BCUT2D eigenvalue weighted by atomic mass is 19.4. The molecule has 23 heteroatoms. The van der Waals surface area contributed by atoms with E-state index in [1.165, 1.54) is 4.74 Å². The van der Waals surface area contributed by atoms with E-state index in [2.05, 4.69) is 0 Å². The maximum Gasteiger partial charge on any atom is 0.460 e. The Balaban J connectivity index is 3.85. The topological polar surface area (TPSA) is 9.23 Å². The Bertz CT molecular complexity index is 804. The average Bonchev–Trinajstić information content (AvgIpc) is 2.67. The fourth-order valence-corrected chi connectivity index (χ4v) is 2.12. The zero-order valence-electron chi connectivity index (χ0n) is 14.2. The van der Waals surface area contributed by atoms with Gasteiger partial charge in [0.05, 0.1) is 0 Å². The van der Waals surface area contributed by atoms with Gasteiger partial charge in [0.25, 0.3) is 0 Å². The van der Waals surface area contributed by atoms with E-state index in [1.54, 1.807) is 0 Å². The lowest BCUT2D eigenvalue weighted by Gasteiger charge is -2.44. The summed E-state index contributed by atoms with van der Waals surface area (Å²) in [6, 6.07) is 0. The van der Waals surface area contributed by atoms with Gasteiger partial charge in [0.15, 0.2) is 0 Å². The Morgan fingerprint density at radius 1 is 0.382 bits per heavy atom. The van der Waals surface area contributed by atoms with Crippen molar-refractivity contribution < 1.29 is 101 Å². The van der Waals surface area contributed by atoms with E-state index in [9.17, 15) is 96.6 Å². The molecule has 1 fully saturated rings. The van der Waals surface area contributed by atoms with E-state index in [1.807, 2.05) is 0 Å². The van der Waals surface area contributed by atoms with Crippen LogP contribution in [0.4, 0.5) is 96.6 Å². The summed E-state index contributed by atoms with van der Waals surface area (Å²) < 4.78 is 286. The van der Waals surface area contributed by atoms with Crippen LogP contribution in [0.5, 0.6) is 0 Å². The number of ether oxygens (including phenoxy) is 1. The molecule has 0 amide bonds. The zero-order chi connectivity index (χ0) is 28.2. The van der Waals surface area contributed by atoms with Crippen LogP contribution in [0.15, 0.2) is 0 Å². The van der Waals surface area contributed by atoms with Gasteiger partial charge in [-0.15, -0.1) is 0 Å². The number of rotatable bonds is 6. The van der Waals surface area contributed by atoms with Crippen molar-refractivity contribution in [3.05, 3.63) is 0 Å². The quantitative estimate of drug-likeness (QED) is 0.318. The highest BCUT2D eigenvalue weighted by Gasteiger charge is 3.02. The molecule has 0 aliphatic carbocycles. The summed E-state index contributed by atoms with van der Waals surface area (Å²) in [4.78, 5) is 0. The van der Waals surface area contributed by atoms with Crippen LogP contribution in [-0.4, -0.2) is 65.5 Å². The van der Waals surface area contributed by atoms with Crippen LogP contribution >= 0.6 is 0 Å². The van der Waals surface area contributed by atoms with Gasteiger partial charge in [-0.2, -0.15) is 96.6 Å². The molecule has 1 aliphatic heterocycles. The van der Waals surface area contributed by atoms with Crippen molar-refractivity contribution in [2.24, 2.45) is 0 Å². The van der Waals surface area contributed by atoms with Crippen molar-refractivity contribution in [2.75, 3.05) is 0 Å². The SMILES string of the molecule is FC(F)(F)C(F)(F)C(F)(F)C(F)(F)C(F)(F)C(F)(F)C(F)(F)C1(F)OC(F)(F)C(F)(F)C1(F)F. The second-order valence-electron chi connectivity index (χ2n) is 6.31. The first-order valence-corrected chi connectivity index (χ1v) is 7.07. The molecule has 204 valence electrons. The third-order valence-corrected chi connectivity index (χ3v) is 4.16. The first-order chi connectivity index (χ1) is 14.2. The fraction of sp³-hybridized carbons (Fsp3) is 1.00. The first kappa shape index (κ1) is 30.5. The minimum Gasteiger partial charge on any atom is -0.267 e. The molecule has 0 aromatic rings. The predicted octanol–water partition coefficient (Wildman–Crippen LogP) is 6.92. The largest absolute Gasteiger partial charge is 0.460 e. The molecule has 34 heavy (non-hydrogen) atoms. The number of alkyl halides is 22. The second-order valence-corrected chi connectivity index (χ2v) is 6.31. The van der Waals surface area contributed by atoms with E-state index in [-0.39, 0.29) is 0 Å². The van der Waals surface area contributed by atoms with Crippen molar-refractivity contribution in [1.82, 2.24) is 0 Å². The summed E-state index contributed by atoms with van der Waals surface area (Å²) in [6.45, 7) is 0. The van der Waals surface area contributed by atoms with E-state index in [0.717, 1.165) is 0 Å². The van der Waals surface area contributed by atoms with Crippen molar-refractivity contribution in [3.8, 4) is 0 Å². The Morgan fingerprint density at radius 2 is 0.676 bits per heavy atom. The average molecular weight is 566 g/mol. The van der Waals surface area contributed by atoms with Gasteiger partial charge in [0, 0.05) is 0 Å². The van der Waals surface area contributed by atoms with Crippen molar-refractivity contribution in [1.29, 1.82) is 0 Å². The van der Waals surface area contributed by atoms with Crippen LogP contribution in [-0.2, 0) is 4.74 Å². The molecule has 0 aromatic carbocycles. The number of hydrogen-bond donors (Lipinski definition) is 0. The molecule has 1 nitrogen and oxygen atoms in total. The summed E-state index contributed by atoms with van der Waals surface area (Å²) >= 11 is 0. The molecule has 0 bridgehead atoms. The molecule has 1 atom stereocenters. The minimum absolute atomic E-state index is 1.41. The van der Waals surface area contributed by atoms with Crippen LogP contribution in [0.2, 0.25) is 0 Å². The lowest BCUT2D eigenvalue weighted by molar-refractivity contribution is -0.478. The summed E-state index contributed by atoms with van der Waals surface area (Å²) in [5.74, 6) is -77.7. The van der Waals surface area contributed by atoms with Gasteiger partial charge in [0.1, 0.15) is 0 Å². The highest BCUT2D eigenvalue weighted by molar-refractivity contribution is 5.21. The van der Waals surface area contributed by atoms with Crippen LogP contribution in [0.1, 0.15) is 0 Å². The van der Waals surface area contributed by atoms with Crippen molar-refractivity contribution in [2.45, 2.75) is 65.5 Å². The van der Waals surface area contributed by atoms with Gasteiger partial charge >= 0.3 is 65.5 Å². The van der Waals surface area contributed by atoms with Crippen LogP contribution in [0, 0.1) is 0 Å². The molecule has 0 N–H and O–H groups in total. The molecule has 1 heterocycles. The van der Waals surface area contributed by atoms with E-state index >= 15 is 0 Å². The molecule has 0 spiro atoms. The van der Waals surface area contributed by atoms with Gasteiger partial charge in [-0.3, -0.25) is 4.74 Å². The van der Waals surface area contributed by atoms with Crippen LogP contribution in [0.3, 0.4) is 0 Å². The monoisotopic (exact) mass is 566 g/mol. The maximum absolute atomic E-state index is 13.7. The number of halogens is 22. The summed E-state index contributed by atoms with van der Waals surface area (Å²) in [6.07, 6.45) is -15.4.